The average Bonchev–Trinajstić information content (AvgIpc) is 2.17. The largest absolute Gasteiger partial charge is 0.421 e. The Bertz CT molecular complexity index is 327. The topological polar surface area (TPSA) is 33.0 Å². The van der Waals surface area contributed by atoms with E-state index in [0.29, 0.717) is 0 Å². The Morgan fingerprint density at radius 3 is 2.60 bits per heavy atom. The molecule has 0 spiro atoms. The molecule has 0 saturated heterocycles. The van der Waals surface area contributed by atoms with Crippen LogP contribution in [0.1, 0.15) is 6.42 Å². The van der Waals surface area contributed by atoms with Crippen LogP contribution in [-0.2, 0) is 4.74 Å². The molecule has 0 bridgehead atoms. The van der Waals surface area contributed by atoms with Crippen molar-refractivity contribution in [2.75, 3.05) is 7.11 Å². The number of nitrogens with zero attached hydrogens (tertiary/aromatic N) is 1. The van der Waals surface area contributed by atoms with Crippen molar-refractivity contribution in [3.63, 3.8) is 0 Å². The minimum Gasteiger partial charge on any atom is -0.364 e. The van der Waals surface area contributed by atoms with E-state index in [1.807, 2.05) is 0 Å². The molecule has 5 heteroatoms. The highest BCUT2D eigenvalue weighted by atomic mass is 19.4. The van der Waals surface area contributed by atoms with Crippen LogP contribution in [-0.4, -0.2) is 18.9 Å². The van der Waals surface area contributed by atoms with Crippen molar-refractivity contribution in [3.05, 3.63) is 24.3 Å². The van der Waals surface area contributed by atoms with Crippen LogP contribution in [0.4, 0.5) is 13.2 Å². The van der Waals surface area contributed by atoms with Crippen molar-refractivity contribution >= 4 is 0 Å². The molecule has 0 aromatic rings. The summed E-state index contributed by atoms with van der Waals surface area (Å²) in [6.45, 7) is 0. The molecule has 0 saturated carbocycles. The van der Waals surface area contributed by atoms with Gasteiger partial charge in [0.05, 0.1) is 6.07 Å². The average molecular weight is 217 g/mol. The molecule has 1 aliphatic rings. The first-order valence-electron chi connectivity index (χ1n) is 4.33. The number of ether oxygens (including phenoxy) is 1. The quantitative estimate of drug-likeness (QED) is 0.712. The Labute approximate surface area is 85.6 Å². The molecule has 0 fully saturated rings. The summed E-state index contributed by atoms with van der Waals surface area (Å²) in [6.07, 6.45) is 0.323. The van der Waals surface area contributed by atoms with Gasteiger partial charge in [0.2, 0.25) is 0 Å². The molecule has 0 aromatic carbocycles. The highest BCUT2D eigenvalue weighted by Crippen LogP contribution is 2.43. The standard InChI is InChI=1S/C10H10F3NO/c1-15-9(10(11,12)13)6-3-2-4-8(9)5-7-14/h2-4,6,8H,5H2,1H3. The van der Waals surface area contributed by atoms with Crippen LogP contribution in [0.2, 0.25) is 0 Å². The number of hydrogen-bond acceptors (Lipinski definition) is 2. The molecule has 0 radical (unpaired) electrons. The van der Waals surface area contributed by atoms with E-state index >= 15 is 0 Å². The number of hydrogen-bond donors (Lipinski definition) is 0. The minimum atomic E-state index is -4.52. The fourth-order valence-electron chi connectivity index (χ4n) is 1.62. The van der Waals surface area contributed by atoms with E-state index in [0.717, 1.165) is 13.2 Å². The lowest BCUT2D eigenvalue weighted by Crippen LogP contribution is -2.51. The number of allylic oxidation sites excluding steroid dienone is 2. The summed E-state index contributed by atoms with van der Waals surface area (Å²) in [4.78, 5) is 0. The lowest BCUT2D eigenvalue weighted by Gasteiger charge is -2.37. The monoisotopic (exact) mass is 217 g/mol. The van der Waals surface area contributed by atoms with E-state index in [-0.39, 0.29) is 6.42 Å². The first-order valence-corrected chi connectivity index (χ1v) is 4.33. The molecule has 2 atom stereocenters. The van der Waals surface area contributed by atoms with Crippen molar-refractivity contribution in [2.45, 2.75) is 18.2 Å². The van der Waals surface area contributed by atoms with E-state index in [1.54, 1.807) is 6.07 Å². The summed E-state index contributed by atoms with van der Waals surface area (Å²) in [7, 11) is 1.00. The Kier molecular flexibility index (Phi) is 3.20. The van der Waals surface area contributed by atoms with E-state index in [1.165, 1.54) is 18.2 Å². The van der Waals surface area contributed by atoms with Gasteiger partial charge in [0, 0.05) is 19.4 Å². The van der Waals surface area contributed by atoms with Crippen LogP contribution >= 0.6 is 0 Å². The molecular formula is C10H10F3NO. The summed E-state index contributed by atoms with van der Waals surface area (Å²) in [6, 6.07) is 1.73. The molecule has 1 rings (SSSR count). The van der Waals surface area contributed by atoms with Crippen LogP contribution in [0.25, 0.3) is 0 Å². The Balaban J connectivity index is 3.11. The van der Waals surface area contributed by atoms with Gasteiger partial charge < -0.3 is 4.74 Å². The number of rotatable bonds is 2. The molecule has 0 aromatic heterocycles. The van der Waals surface area contributed by atoms with E-state index in [4.69, 9.17) is 5.26 Å². The van der Waals surface area contributed by atoms with E-state index in [9.17, 15) is 13.2 Å². The van der Waals surface area contributed by atoms with Gasteiger partial charge in [-0.2, -0.15) is 18.4 Å². The lowest BCUT2D eigenvalue weighted by atomic mass is 9.81. The van der Waals surface area contributed by atoms with Gasteiger partial charge in [-0.3, -0.25) is 0 Å². The van der Waals surface area contributed by atoms with Gasteiger partial charge in [0.25, 0.3) is 0 Å². The van der Waals surface area contributed by atoms with Crippen molar-refractivity contribution in [1.82, 2.24) is 0 Å². The molecule has 2 unspecified atom stereocenters. The predicted molar refractivity (Wildman–Crippen MR) is 47.8 cm³/mol. The van der Waals surface area contributed by atoms with Gasteiger partial charge in [-0.25, -0.2) is 0 Å². The predicted octanol–water partition coefficient (Wildman–Crippen LogP) is 2.59. The first kappa shape index (κ1) is 11.8. The van der Waals surface area contributed by atoms with Crippen molar-refractivity contribution in [2.24, 2.45) is 5.92 Å². The zero-order valence-corrected chi connectivity index (χ0v) is 8.08. The van der Waals surface area contributed by atoms with Crippen LogP contribution in [0.15, 0.2) is 24.3 Å². The second-order valence-corrected chi connectivity index (χ2v) is 3.21. The number of nitriles is 1. The summed E-state index contributed by atoms with van der Waals surface area (Å²) >= 11 is 0. The van der Waals surface area contributed by atoms with Gasteiger partial charge in [-0.1, -0.05) is 18.2 Å². The van der Waals surface area contributed by atoms with E-state index in [2.05, 4.69) is 4.74 Å². The maximum Gasteiger partial charge on any atom is 0.421 e. The molecule has 0 aliphatic heterocycles. The minimum absolute atomic E-state index is 0.228. The third-order valence-electron chi connectivity index (χ3n) is 2.44. The molecule has 0 amide bonds. The van der Waals surface area contributed by atoms with Crippen molar-refractivity contribution in [3.8, 4) is 6.07 Å². The molecule has 2 nitrogen and oxygen atoms in total. The fraction of sp³-hybridized carbons (Fsp3) is 0.500. The van der Waals surface area contributed by atoms with Crippen molar-refractivity contribution in [1.29, 1.82) is 5.26 Å². The second kappa shape index (κ2) is 4.07. The number of alkyl halides is 3. The van der Waals surface area contributed by atoms with Gasteiger partial charge in [0.1, 0.15) is 0 Å². The van der Waals surface area contributed by atoms with Crippen LogP contribution in [0.5, 0.6) is 0 Å². The summed E-state index contributed by atoms with van der Waals surface area (Å²) in [5, 5.41) is 8.48. The molecule has 0 N–H and O–H groups in total. The van der Waals surface area contributed by atoms with E-state index < -0.39 is 17.7 Å². The normalized spacial score (nSPS) is 30.2. The Morgan fingerprint density at radius 1 is 1.47 bits per heavy atom. The highest BCUT2D eigenvalue weighted by Gasteiger charge is 2.58. The van der Waals surface area contributed by atoms with Gasteiger partial charge >= 0.3 is 6.18 Å². The smallest absolute Gasteiger partial charge is 0.364 e. The Hall–Kier alpha value is -1.28. The molecular weight excluding hydrogens is 207 g/mol. The number of halogens is 3. The van der Waals surface area contributed by atoms with Crippen LogP contribution in [0.3, 0.4) is 0 Å². The number of methoxy groups -OCH3 is 1. The van der Waals surface area contributed by atoms with Gasteiger partial charge in [-0.15, -0.1) is 0 Å². The Morgan fingerprint density at radius 2 is 2.13 bits per heavy atom. The maximum absolute atomic E-state index is 12.9. The SMILES string of the molecule is COC1(C(F)(F)F)C=CC=CC1CC#N. The third kappa shape index (κ3) is 1.90. The summed E-state index contributed by atoms with van der Waals surface area (Å²) in [5.41, 5.74) is -2.36. The zero-order valence-electron chi connectivity index (χ0n) is 8.08. The molecule has 82 valence electrons. The molecule has 15 heavy (non-hydrogen) atoms. The lowest BCUT2D eigenvalue weighted by molar-refractivity contribution is -0.262. The first-order chi connectivity index (χ1) is 6.98. The van der Waals surface area contributed by atoms with Gasteiger partial charge in [-0.05, 0) is 6.08 Å². The highest BCUT2D eigenvalue weighted by molar-refractivity contribution is 5.25. The summed E-state index contributed by atoms with van der Waals surface area (Å²) < 4.78 is 43.1. The molecule has 1 aliphatic carbocycles. The van der Waals surface area contributed by atoms with Crippen LogP contribution < -0.4 is 0 Å². The van der Waals surface area contributed by atoms with Crippen molar-refractivity contribution < 1.29 is 17.9 Å². The maximum atomic E-state index is 12.9. The third-order valence-corrected chi connectivity index (χ3v) is 2.44. The molecule has 0 heterocycles. The summed E-state index contributed by atoms with van der Waals surface area (Å²) in [5.74, 6) is -0.988. The van der Waals surface area contributed by atoms with Gasteiger partial charge in [0.15, 0.2) is 5.60 Å². The second-order valence-electron chi connectivity index (χ2n) is 3.21. The fourth-order valence-corrected chi connectivity index (χ4v) is 1.62. The van der Waals surface area contributed by atoms with Crippen LogP contribution in [0, 0.1) is 17.2 Å². The zero-order chi connectivity index (χ0) is 11.5.